The molecule has 2 rings (SSSR count). The number of methoxy groups -OCH3 is 1. The lowest BCUT2D eigenvalue weighted by Gasteiger charge is -2.04. The van der Waals surface area contributed by atoms with E-state index in [-0.39, 0.29) is 5.91 Å². The molecule has 0 saturated carbocycles. The molecule has 1 amide bonds. The monoisotopic (exact) mass is 304 g/mol. The molecule has 21 heavy (non-hydrogen) atoms. The average molecular weight is 304 g/mol. The second-order valence-corrected chi connectivity index (χ2v) is 6.16. The van der Waals surface area contributed by atoms with E-state index in [1.165, 1.54) is 4.88 Å². The maximum atomic E-state index is 11.8. The Morgan fingerprint density at radius 2 is 2.00 bits per heavy atom. The molecule has 0 aliphatic carbocycles. The van der Waals surface area contributed by atoms with E-state index >= 15 is 0 Å². The van der Waals surface area contributed by atoms with Crippen molar-refractivity contribution in [1.82, 2.24) is 10.3 Å². The van der Waals surface area contributed by atoms with Crippen molar-refractivity contribution in [3.05, 3.63) is 45.4 Å². The SMILES string of the molecule is COc1ccc(CCC(=O)NCc2nc(C)c(C)s2)cc1. The number of nitrogens with one attached hydrogen (secondary N) is 1. The molecule has 0 atom stereocenters. The van der Waals surface area contributed by atoms with Crippen LogP contribution in [0.1, 0.15) is 27.6 Å². The van der Waals surface area contributed by atoms with Crippen LogP contribution < -0.4 is 10.1 Å². The largest absolute Gasteiger partial charge is 0.497 e. The maximum absolute atomic E-state index is 11.8. The summed E-state index contributed by atoms with van der Waals surface area (Å²) in [6, 6.07) is 7.79. The van der Waals surface area contributed by atoms with E-state index in [0.717, 1.165) is 28.4 Å². The van der Waals surface area contributed by atoms with Gasteiger partial charge in [0.2, 0.25) is 5.91 Å². The first-order valence-corrected chi connectivity index (χ1v) is 7.72. The van der Waals surface area contributed by atoms with Gasteiger partial charge in [0.25, 0.3) is 0 Å². The fourth-order valence-corrected chi connectivity index (χ4v) is 2.80. The van der Waals surface area contributed by atoms with Crippen molar-refractivity contribution in [2.75, 3.05) is 7.11 Å². The van der Waals surface area contributed by atoms with Crippen molar-refractivity contribution in [3.8, 4) is 5.75 Å². The van der Waals surface area contributed by atoms with Gasteiger partial charge in [-0.2, -0.15) is 0 Å². The zero-order valence-electron chi connectivity index (χ0n) is 12.6. The molecule has 5 heteroatoms. The van der Waals surface area contributed by atoms with Gasteiger partial charge in [-0.3, -0.25) is 4.79 Å². The molecule has 1 heterocycles. The van der Waals surface area contributed by atoms with E-state index in [1.54, 1.807) is 18.4 Å². The lowest BCUT2D eigenvalue weighted by molar-refractivity contribution is -0.121. The number of amides is 1. The van der Waals surface area contributed by atoms with Gasteiger partial charge in [0.15, 0.2) is 0 Å². The predicted octanol–water partition coefficient (Wildman–Crippen LogP) is 3.02. The highest BCUT2D eigenvalue weighted by atomic mass is 32.1. The summed E-state index contributed by atoms with van der Waals surface area (Å²) in [6.07, 6.45) is 1.21. The first kappa shape index (κ1) is 15.5. The minimum absolute atomic E-state index is 0.0522. The topological polar surface area (TPSA) is 51.2 Å². The molecule has 1 N–H and O–H groups in total. The molecule has 1 aromatic heterocycles. The first-order chi connectivity index (χ1) is 10.1. The van der Waals surface area contributed by atoms with Gasteiger partial charge in [-0.05, 0) is 38.0 Å². The predicted molar refractivity (Wildman–Crippen MR) is 84.7 cm³/mol. The lowest BCUT2D eigenvalue weighted by atomic mass is 10.1. The van der Waals surface area contributed by atoms with E-state index in [4.69, 9.17) is 4.74 Å². The van der Waals surface area contributed by atoms with Crippen molar-refractivity contribution in [2.45, 2.75) is 33.2 Å². The van der Waals surface area contributed by atoms with Gasteiger partial charge in [-0.25, -0.2) is 4.98 Å². The zero-order chi connectivity index (χ0) is 15.2. The first-order valence-electron chi connectivity index (χ1n) is 6.91. The number of ether oxygens (including phenoxy) is 1. The number of hydrogen-bond donors (Lipinski definition) is 1. The Morgan fingerprint density at radius 1 is 1.29 bits per heavy atom. The van der Waals surface area contributed by atoms with Crippen molar-refractivity contribution in [3.63, 3.8) is 0 Å². The number of aromatic nitrogens is 1. The van der Waals surface area contributed by atoms with Crippen LogP contribution in [-0.4, -0.2) is 18.0 Å². The molecule has 4 nitrogen and oxygen atoms in total. The van der Waals surface area contributed by atoms with Crippen LogP contribution in [0.25, 0.3) is 0 Å². The molecule has 0 fully saturated rings. The van der Waals surface area contributed by atoms with Gasteiger partial charge in [0.1, 0.15) is 10.8 Å². The number of thiazole rings is 1. The third kappa shape index (κ3) is 4.56. The average Bonchev–Trinajstić information content (AvgIpc) is 2.82. The molecule has 0 unspecified atom stereocenters. The summed E-state index contributed by atoms with van der Waals surface area (Å²) < 4.78 is 5.11. The van der Waals surface area contributed by atoms with Gasteiger partial charge in [0.05, 0.1) is 19.3 Å². The second kappa shape index (κ2) is 7.22. The Morgan fingerprint density at radius 3 is 2.57 bits per heavy atom. The molecule has 2 aromatic rings. The number of hydrogen-bond acceptors (Lipinski definition) is 4. The van der Waals surface area contributed by atoms with Crippen LogP contribution in [-0.2, 0) is 17.8 Å². The van der Waals surface area contributed by atoms with Crippen molar-refractivity contribution < 1.29 is 9.53 Å². The van der Waals surface area contributed by atoms with Crippen LogP contribution in [0.15, 0.2) is 24.3 Å². The molecular formula is C16H20N2O2S. The van der Waals surface area contributed by atoms with E-state index in [2.05, 4.69) is 10.3 Å². The van der Waals surface area contributed by atoms with Gasteiger partial charge in [-0.1, -0.05) is 12.1 Å². The molecule has 0 bridgehead atoms. The number of nitrogens with zero attached hydrogens (tertiary/aromatic N) is 1. The van der Waals surface area contributed by atoms with Crippen LogP contribution in [0.4, 0.5) is 0 Å². The molecule has 0 spiro atoms. The zero-order valence-corrected chi connectivity index (χ0v) is 13.4. The van der Waals surface area contributed by atoms with Crippen molar-refractivity contribution in [2.24, 2.45) is 0 Å². The summed E-state index contributed by atoms with van der Waals surface area (Å²) in [5.41, 5.74) is 2.18. The van der Waals surface area contributed by atoms with E-state index in [0.29, 0.717) is 13.0 Å². The van der Waals surface area contributed by atoms with Gasteiger partial charge < -0.3 is 10.1 Å². The number of aryl methyl sites for hydroxylation is 3. The summed E-state index contributed by atoms with van der Waals surface area (Å²) in [6.45, 7) is 4.55. The third-order valence-corrected chi connectivity index (χ3v) is 4.38. The molecule has 0 aliphatic rings. The van der Waals surface area contributed by atoms with Gasteiger partial charge >= 0.3 is 0 Å². The Kier molecular flexibility index (Phi) is 5.33. The van der Waals surface area contributed by atoms with Gasteiger partial charge in [-0.15, -0.1) is 11.3 Å². The standard InChI is InChI=1S/C16H20N2O2S/c1-11-12(2)21-16(18-11)10-17-15(19)9-6-13-4-7-14(20-3)8-5-13/h4-5,7-8H,6,9-10H2,1-3H3,(H,17,19). The third-order valence-electron chi connectivity index (χ3n) is 3.31. The van der Waals surface area contributed by atoms with Crippen molar-refractivity contribution >= 4 is 17.2 Å². The number of rotatable bonds is 6. The van der Waals surface area contributed by atoms with Crippen molar-refractivity contribution in [1.29, 1.82) is 0 Å². The maximum Gasteiger partial charge on any atom is 0.220 e. The van der Waals surface area contributed by atoms with Crippen LogP contribution in [0.5, 0.6) is 5.75 Å². The molecule has 112 valence electrons. The number of benzene rings is 1. The van der Waals surface area contributed by atoms with Crippen LogP contribution in [0.3, 0.4) is 0 Å². The minimum Gasteiger partial charge on any atom is -0.497 e. The summed E-state index contributed by atoms with van der Waals surface area (Å²) >= 11 is 1.64. The summed E-state index contributed by atoms with van der Waals surface area (Å²) in [5.74, 6) is 0.883. The molecular weight excluding hydrogens is 284 g/mol. The second-order valence-electron chi connectivity index (χ2n) is 4.87. The van der Waals surface area contributed by atoms with E-state index in [9.17, 15) is 4.79 Å². The fraction of sp³-hybridized carbons (Fsp3) is 0.375. The Balaban J connectivity index is 1.76. The molecule has 0 radical (unpaired) electrons. The summed E-state index contributed by atoms with van der Waals surface area (Å²) in [4.78, 5) is 17.5. The summed E-state index contributed by atoms with van der Waals surface area (Å²) in [7, 11) is 1.64. The van der Waals surface area contributed by atoms with Gasteiger partial charge in [0, 0.05) is 11.3 Å². The quantitative estimate of drug-likeness (QED) is 0.892. The number of carbonyl (C=O) groups excluding carboxylic acids is 1. The van der Waals surface area contributed by atoms with E-state index < -0.39 is 0 Å². The highest BCUT2D eigenvalue weighted by Crippen LogP contribution is 2.16. The fourth-order valence-electron chi connectivity index (χ4n) is 1.93. The lowest BCUT2D eigenvalue weighted by Crippen LogP contribution is -2.22. The minimum atomic E-state index is 0.0522. The Hall–Kier alpha value is -1.88. The molecule has 0 saturated heterocycles. The van der Waals surface area contributed by atoms with Crippen LogP contribution >= 0.6 is 11.3 Å². The van der Waals surface area contributed by atoms with Crippen LogP contribution in [0.2, 0.25) is 0 Å². The van der Waals surface area contributed by atoms with E-state index in [1.807, 2.05) is 38.1 Å². The molecule has 1 aromatic carbocycles. The summed E-state index contributed by atoms with van der Waals surface area (Å²) in [5, 5.41) is 3.88. The Labute approximate surface area is 129 Å². The highest BCUT2D eigenvalue weighted by molar-refractivity contribution is 7.11. The molecule has 0 aliphatic heterocycles. The normalized spacial score (nSPS) is 10.4. The Bertz CT molecular complexity index is 586. The smallest absolute Gasteiger partial charge is 0.220 e. The highest BCUT2D eigenvalue weighted by Gasteiger charge is 2.06. The van der Waals surface area contributed by atoms with Crippen LogP contribution in [0, 0.1) is 13.8 Å². The number of carbonyl (C=O) groups is 1.